The number of hydrogen-bond donors (Lipinski definition) is 1. The molecule has 0 amide bonds. The van der Waals surface area contributed by atoms with Crippen molar-refractivity contribution < 1.29 is 0 Å². The van der Waals surface area contributed by atoms with Gasteiger partial charge in [0.05, 0.1) is 5.69 Å². The summed E-state index contributed by atoms with van der Waals surface area (Å²) in [6, 6.07) is 0.678. The van der Waals surface area contributed by atoms with Gasteiger partial charge in [-0.25, -0.2) is 0 Å². The van der Waals surface area contributed by atoms with Crippen LogP contribution in [0.2, 0.25) is 0 Å². The van der Waals surface area contributed by atoms with Gasteiger partial charge in [-0.3, -0.25) is 4.68 Å². The Labute approximate surface area is 129 Å². The molecule has 2 rings (SSSR count). The van der Waals surface area contributed by atoms with E-state index in [0.717, 1.165) is 18.8 Å². The first kappa shape index (κ1) is 16.3. The van der Waals surface area contributed by atoms with E-state index in [1.54, 1.807) is 0 Å². The van der Waals surface area contributed by atoms with E-state index in [4.69, 9.17) is 0 Å². The van der Waals surface area contributed by atoms with Gasteiger partial charge in [0.15, 0.2) is 0 Å². The number of anilines is 1. The molecule has 1 saturated carbocycles. The van der Waals surface area contributed by atoms with Crippen molar-refractivity contribution in [3.63, 3.8) is 0 Å². The van der Waals surface area contributed by atoms with E-state index >= 15 is 0 Å². The molecule has 0 spiro atoms. The van der Waals surface area contributed by atoms with Gasteiger partial charge in [0.2, 0.25) is 0 Å². The normalized spacial score (nSPS) is 16.7. The standard InChI is InChI=1S/C17H32N4/c1-13(2)11-18-12-16-14(3)19-21(5)17(16)20(4)15-9-7-6-8-10-15/h13,15,18H,6-12H2,1-5H3. The van der Waals surface area contributed by atoms with Crippen molar-refractivity contribution in [2.75, 3.05) is 18.5 Å². The molecule has 1 aliphatic rings. The number of hydrogen-bond acceptors (Lipinski definition) is 3. The van der Waals surface area contributed by atoms with Crippen LogP contribution in [0.25, 0.3) is 0 Å². The average Bonchev–Trinajstić information content (AvgIpc) is 2.73. The molecule has 0 aromatic carbocycles. The molecule has 4 nitrogen and oxygen atoms in total. The molecule has 4 heteroatoms. The van der Waals surface area contributed by atoms with Crippen LogP contribution in [0.5, 0.6) is 0 Å². The van der Waals surface area contributed by atoms with E-state index < -0.39 is 0 Å². The Morgan fingerprint density at radius 2 is 1.95 bits per heavy atom. The van der Waals surface area contributed by atoms with Crippen LogP contribution in [-0.4, -0.2) is 29.4 Å². The molecule has 0 atom stereocenters. The van der Waals surface area contributed by atoms with Crippen molar-refractivity contribution in [2.24, 2.45) is 13.0 Å². The quantitative estimate of drug-likeness (QED) is 0.874. The van der Waals surface area contributed by atoms with Gasteiger partial charge in [0.1, 0.15) is 5.82 Å². The summed E-state index contributed by atoms with van der Waals surface area (Å²) in [5.74, 6) is 1.98. The molecular formula is C17H32N4. The molecule has 0 aliphatic heterocycles. The molecule has 1 N–H and O–H groups in total. The van der Waals surface area contributed by atoms with Crippen LogP contribution in [-0.2, 0) is 13.6 Å². The van der Waals surface area contributed by atoms with Gasteiger partial charge in [0, 0.05) is 32.2 Å². The fraction of sp³-hybridized carbons (Fsp3) is 0.824. The lowest BCUT2D eigenvalue weighted by Gasteiger charge is -2.33. The van der Waals surface area contributed by atoms with Crippen molar-refractivity contribution in [3.8, 4) is 0 Å². The van der Waals surface area contributed by atoms with Gasteiger partial charge >= 0.3 is 0 Å². The van der Waals surface area contributed by atoms with Gasteiger partial charge in [-0.05, 0) is 32.2 Å². The highest BCUT2D eigenvalue weighted by atomic mass is 15.4. The molecule has 0 unspecified atom stereocenters. The number of rotatable bonds is 6. The van der Waals surface area contributed by atoms with Crippen molar-refractivity contribution in [2.45, 2.75) is 65.5 Å². The molecule has 21 heavy (non-hydrogen) atoms. The summed E-state index contributed by atoms with van der Waals surface area (Å²) < 4.78 is 2.07. The van der Waals surface area contributed by atoms with Gasteiger partial charge in [-0.1, -0.05) is 33.1 Å². The van der Waals surface area contributed by atoms with Gasteiger partial charge in [-0.2, -0.15) is 5.10 Å². The minimum atomic E-state index is 0.678. The molecule has 1 aromatic rings. The van der Waals surface area contributed by atoms with Crippen LogP contribution in [0.4, 0.5) is 5.82 Å². The largest absolute Gasteiger partial charge is 0.357 e. The predicted octanol–water partition coefficient (Wildman–Crippen LogP) is 3.24. The fourth-order valence-corrected chi connectivity index (χ4v) is 3.47. The van der Waals surface area contributed by atoms with E-state index in [1.165, 1.54) is 43.5 Å². The summed E-state index contributed by atoms with van der Waals surface area (Å²) in [6.07, 6.45) is 6.77. The van der Waals surface area contributed by atoms with Crippen LogP contribution in [0.3, 0.4) is 0 Å². The molecule has 0 radical (unpaired) electrons. The first-order valence-corrected chi connectivity index (χ1v) is 8.46. The van der Waals surface area contributed by atoms with E-state index in [0.29, 0.717) is 12.0 Å². The number of aromatic nitrogens is 2. The summed E-state index contributed by atoms with van der Waals surface area (Å²) in [5.41, 5.74) is 2.53. The van der Waals surface area contributed by atoms with Crippen molar-refractivity contribution in [3.05, 3.63) is 11.3 Å². The third-order valence-electron chi connectivity index (χ3n) is 4.62. The molecule has 0 bridgehead atoms. The minimum absolute atomic E-state index is 0.678. The maximum absolute atomic E-state index is 4.66. The van der Waals surface area contributed by atoms with E-state index in [2.05, 4.69) is 54.9 Å². The third-order valence-corrected chi connectivity index (χ3v) is 4.62. The lowest BCUT2D eigenvalue weighted by atomic mass is 9.94. The summed E-state index contributed by atoms with van der Waals surface area (Å²) in [6.45, 7) is 8.60. The molecule has 1 heterocycles. The maximum Gasteiger partial charge on any atom is 0.131 e. The SMILES string of the molecule is Cc1nn(C)c(N(C)C2CCCCC2)c1CNCC(C)C. The minimum Gasteiger partial charge on any atom is -0.357 e. The second kappa shape index (κ2) is 7.30. The van der Waals surface area contributed by atoms with Crippen LogP contribution in [0, 0.1) is 12.8 Å². The number of nitrogens with one attached hydrogen (secondary N) is 1. The van der Waals surface area contributed by atoms with Crippen LogP contribution in [0.15, 0.2) is 0 Å². The number of nitrogens with zero attached hydrogens (tertiary/aromatic N) is 3. The van der Waals surface area contributed by atoms with Crippen molar-refractivity contribution in [1.82, 2.24) is 15.1 Å². The highest BCUT2D eigenvalue weighted by Crippen LogP contribution is 2.29. The highest BCUT2D eigenvalue weighted by molar-refractivity contribution is 5.50. The fourth-order valence-electron chi connectivity index (χ4n) is 3.47. The van der Waals surface area contributed by atoms with Gasteiger partial charge < -0.3 is 10.2 Å². The zero-order chi connectivity index (χ0) is 15.4. The summed E-state index contributed by atoms with van der Waals surface area (Å²) in [7, 11) is 4.33. The van der Waals surface area contributed by atoms with E-state index in [9.17, 15) is 0 Å². The van der Waals surface area contributed by atoms with E-state index in [-0.39, 0.29) is 0 Å². The predicted molar refractivity (Wildman–Crippen MR) is 89.8 cm³/mol. The first-order valence-electron chi connectivity index (χ1n) is 8.46. The second-order valence-electron chi connectivity index (χ2n) is 6.94. The average molecular weight is 292 g/mol. The molecule has 0 saturated heterocycles. The Morgan fingerprint density at radius 3 is 2.57 bits per heavy atom. The molecular weight excluding hydrogens is 260 g/mol. The molecule has 1 aliphatic carbocycles. The Morgan fingerprint density at radius 1 is 1.29 bits per heavy atom. The van der Waals surface area contributed by atoms with Gasteiger partial charge in [-0.15, -0.1) is 0 Å². The first-order chi connectivity index (χ1) is 10.0. The highest BCUT2D eigenvalue weighted by Gasteiger charge is 2.24. The Bertz CT molecular complexity index is 444. The summed E-state index contributed by atoms with van der Waals surface area (Å²) in [5, 5.41) is 8.23. The zero-order valence-electron chi connectivity index (χ0n) is 14.4. The lowest BCUT2D eigenvalue weighted by Crippen LogP contribution is -2.35. The van der Waals surface area contributed by atoms with Crippen LogP contribution < -0.4 is 10.2 Å². The Balaban J connectivity index is 2.13. The number of aryl methyl sites for hydroxylation is 2. The van der Waals surface area contributed by atoms with Crippen LogP contribution >= 0.6 is 0 Å². The smallest absolute Gasteiger partial charge is 0.131 e. The Hall–Kier alpha value is -1.03. The molecule has 1 aromatic heterocycles. The van der Waals surface area contributed by atoms with Gasteiger partial charge in [0.25, 0.3) is 0 Å². The topological polar surface area (TPSA) is 33.1 Å². The summed E-state index contributed by atoms with van der Waals surface area (Å²) in [4.78, 5) is 2.48. The summed E-state index contributed by atoms with van der Waals surface area (Å²) >= 11 is 0. The zero-order valence-corrected chi connectivity index (χ0v) is 14.4. The van der Waals surface area contributed by atoms with E-state index in [1.807, 2.05) is 0 Å². The van der Waals surface area contributed by atoms with Crippen LogP contribution in [0.1, 0.15) is 57.2 Å². The van der Waals surface area contributed by atoms with Crippen molar-refractivity contribution in [1.29, 1.82) is 0 Å². The molecule has 1 fully saturated rings. The molecule has 120 valence electrons. The lowest BCUT2D eigenvalue weighted by molar-refractivity contribution is 0.422. The Kier molecular flexibility index (Phi) is 5.68. The van der Waals surface area contributed by atoms with Crippen molar-refractivity contribution >= 4 is 5.82 Å². The monoisotopic (exact) mass is 292 g/mol. The third kappa shape index (κ3) is 4.00. The second-order valence-corrected chi connectivity index (χ2v) is 6.94. The maximum atomic E-state index is 4.66.